The number of hydrogen-bond donors (Lipinski definition) is 1. The van der Waals surface area contributed by atoms with Gasteiger partial charge in [-0.2, -0.15) is 11.3 Å². The molecule has 1 heterocycles. The number of carbonyl (C=O) groups is 1. The largest absolute Gasteiger partial charge is 0.466 e. The quantitative estimate of drug-likeness (QED) is 0.818. The maximum Gasteiger partial charge on any atom is 0.308 e. The molecule has 1 N–H and O–H groups in total. The molecule has 3 unspecified atom stereocenters. The number of hydrogen-bond acceptors (Lipinski definition) is 4. The minimum atomic E-state index is -0.00973. The summed E-state index contributed by atoms with van der Waals surface area (Å²) in [5.41, 5.74) is 1.40. The highest BCUT2D eigenvalue weighted by Crippen LogP contribution is 2.26. The second-order valence-corrected chi connectivity index (χ2v) is 6.50. The van der Waals surface area contributed by atoms with Gasteiger partial charge in [0.2, 0.25) is 0 Å². The van der Waals surface area contributed by atoms with Crippen LogP contribution >= 0.6 is 11.3 Å². The zero-order valence-corrected chi connectivity index (χ0v) is 13.2. The summed E-state index contributed by atoms with van der Waals surface area (Å²) in [6.45, 7) is 4.59. The van der Waals surface area contributed by atoms with E-state index in [0.717, 1.165) is 25.7 Å². The van der Waals surface area contributed by atoms with Gasteiger partial charge in [0.15, 0.2) is 0 Å². The Morgan fingerprint density at radius 2 is 2.40 bits per heavy atom. The summed E-state index contributed by atoms with van der Waals surface area (Å²) in [7, 11) is 0. The van der Waals surface area contributed by atoms with Crippen molar-refractivity contribution in [3.05, 3.63) is 22.4 Å². The number of nitrogens with one attached hydrogen (secondary N) is 1. The predicted molar refractivity (Wildman–Crippen MR) is 83.0 cm³/mol. The van der Waals surface area contributed by atoms with Gasteiger partial charge in [-0.05, 0) is 61.9 Å². The lowest BCUT2D eigenvalue weighted by Crippen LogP contribution is -2.42. The number of esters is 1. The minimum Gasteiger partial charge on any atom is -0.466 e. The lowest BCUT2D eigenvalue weighted by Gasteiger charge is -2.30. The van der Waals surface area contributed by atoms with E-state index in [-0.39, 0.29) is 11.9 Å². The Bertz CT molecular complexity index is 405. The summed E-state index contributed by atoms with van der Waals surface area (Å²) in [4.78, 5) is 11.8. The van der Waals surface area contributed by atoms with Crippen LogP contribution in [0.3, 0.4) is 0 Å². The van der Waals surface area contributed by atoms with E-state index in [1.807, 2.05) is 6.92 Å². The monoisotopic (exact) mass is 295 g/mol. The van der Waals surface area contributed by atoms with Gasteiger partial charge < -0.3 is 10.1 Å². The van der Waals surface area contributed by atoms with Gasteiger partial charge in [-0.3, -0.25) is 4.79 Å². The normalized spacial score (nSPS) is 24.3. The maximum absolute atomic E-state index is 11.8. The number of ether oxygens (including phenoxy) is 1. The summed E-state index contributed by atoms with van der Waals surface area (Å²) < 4.78 is 5.15. The smallest absolute Gasteiger partial charge is 0.308 e. The fourth-order valence-corrected chi connectivity index (χ4v) is 3.72. The molecule has 0 amide bonds. The maximum atomic E-state index is 11.8. The van der Waals surface area contributed by atoms with Gasteiger partial charge >= 0.3 is 5.97 Å². The van der Waals surface area contributed by atoms with E-state index in [2.05, 4.69) is 29.1 Å². The highest BCUT2D eigenvalue weighted by molar-refractivity contribution is 7.07. The molecule has 1 aromatic heterocycles. The SMILES string of the molecule is CCOC(=O)C1CCCC(NC(C)Cc2ccsc2)C1. The molecule has 112 valence electrons. The van der Waals surface area contributed by atoms with Gasteiger partial charge in [0.1, 0.15) is 0 Å². The van der Waals surface area contributed by atoms with Crippen LogP contribution in [0.25, 0.3) is 0 Å². The molecule has 4 heteroatoms. The van der Waals surface area contributed by atoms with Gasteiger partial charge in [-0.25, -0.2) is 0 Å². The molecular formula is C16H25NO2S. The summed E-state index contributed by atoms with van der Waals surface area (Å²) in [6, 6.07) is 3.09. The topological polar surface area (TPSA) is 38.3 Å². The Hall–Kier alpha value is -0.870. The summed E-state index contributed by atoms with van der Waals surface area (Å²) >= 11 is 1.75. The van der Waals surface area contributed by atoms with Crippen molar-refractivity contribution in [1.29, 1.82) is 0 Å². The lowest BCUT2D eigenvalue weighted by molar-refractivity contribution is -0.149. The molecule has 0 radical (unpaired) electrons. The number of thiophene rings is 1. The zero-order chi connectivity index (χ0) is 14.4. The molecule has 0 spiro atoms. The number of carbonyl (C=O) groups excluding carboxylic acids is 1. The molecular weight excluding hydrogens is 270 g/mol. The average molecular weight is 295 g/mol. The highest BCUT2D eigenvalue weighted by atomic mass is 32.1. The second-order valence-electron chi connectivity index (χ2n) is 5.72. The van der Waals surface area contributed by atoms with Gasteiger partial charge in [0, 0.05) is 12.1 Å². The predicted octanol–water partition coefficient (Wildman–Crippen LogP) is 3.39. The molecule has 3 nitrogen and oxygen atoms in total. The number of rotatable bonds is 6. The van der Waals surface area contributed by atoms with Crippen LogP contribution in [0.1, 0.15) is 45.1 Å². The van der Waals surface area contributed by atoms with E-state index in [4.69, 9.17) is 4.74 Å². The fourth-order valence-electron chi connectivity index (χ4n) is 3.04. The van der Waals surface area contributed by atoms with Crippen LogP contribution in [0.4, 0.5) is 0 Å². The van der Waals surface area contributed by atoms with Gasteiger partial charge in [0.05, 0.1) is 12.5 Å². The van der Waals surface area contributed by atoms with Crippen molar-refractivity contribution in [2.45, 2.75) is 58.0 Å². The third-order valence-corrected chi connectivity index (χ3v) is 4.67. The van der Waals surface area contributed by atoms with Crippen molar-refractivity contribution in [2.24, 2.45) is 5.92 Å². The Labute approximate surface area is 125 Å². The van der Waals surface area contributed by atoms with Gasteiger partial charge in [-0.15, -0.1) is 0 Å². The molecule has 1 aliphatic rings. The molecule has 1 aromatic rings. The van der Waals surface area contributed by atoms with Crippen LogP contribution in [0.5, 0.6) is 0 Å². The molecule has 0 aromatic carbocycles. The third kappa shape index (κ3) is 4.60. The molecule has 0 bridgehead atoms. The van der Waals surface area contributed by atoms with Crippen molar-refractivity contribution < 1.29 is 9.53 Å². The Morgan fingerprint density at radius 1 is 1.55 bits per heavy atom. The van der Waals surface area contributed by atoms with Gasteiger partial charge in [0.25, 0.3) is 0 Å². The van der Waals surface area contributed by atoms with Crippen LogP contribution < -0.4 is 5.32 Å². The van der Waals surface area contributed by atoms with Crippen LogP contribution in [0.2, 0.25) is 0 Å². The van der Waals surface area contributed by atoms with E-state index in [9.17, 15) is 4.79 Å². The van der Waals surface area contributed by atoms with Crippen molar-refractivity contribution in [3.63, 3.8) is 0 Å². The first-order valence-corrected chi connectivity index (χ1v) is 8.57. The second kappa shape index (κ2) is 7.79. The van der Waals surface area contributed by atoms with Crippen LogP contribution in [-0.4, -0.2) is 24.7 Å². The first-order chi connectivity index (χ1) is 9.69. The van der Waals surface area contributed by atoms with E-state index >= 15 is 0 Å². The van der Waals surface area contributed by atoms with Gasteiger partial charge in [-0.1, -0.05) is 6.42 Å². The van der Waals surface area contributed by atoms with E-state index in [1.54, 1.807) is 11.3 Å². The molecule has 3 atom stereocenters. The van der Waals surface area contributed by atoms with E-state index in [1.165, 1.54) is 12.0 Å². The molecule has 1 fully saturated rings. The van der Waals surface area contributed by atoms with Crippen LogP contribution in [0, 0.1) is 5.92 Å². The standard InChI is InChI=1S/C16H25NO2S/c1-3-19-16(18)14-5-4-6-15(10-14)17-12(2)9-13-7-8-20-11-13/h7-8,11-12,14-15,17H,3-6,9-10H2,1-2H3. The van der Waals surface area contributed by atoms with Crippen LogP contribution in [0.15, 0.2) is 16.8 Å². The van der Waals surface area contributed by atoms with Crippen molar-refractivity contribution in [2.75, 3.05) is 6.61 Å². The Balaban J connectivity index is 1.78. The highest BCUT2D eigenvalue weighted by Gasteiger charge is 2.28. The lowest BCUT2D eigenvalue weighted by atomic mass is 9.85. The first kappa shape index (κ1) is 15.5. The first-order valence-electron chi connectivity index (χ1n) is 7.62. The summed E-state index contributed by atoms with van der Waals surface area (Å²) in [5, 5.41) is 8.01. The zero-order valence-electron chi connectivity index (χ0n) is 12.4. The summed E-state index contributed by atoms with van der Waals surface area (Å²) in [6.07, 6.45) is 5.25. The summed E-state index contributed by atoms with van der Waals surface area (Å²) in [5.74, 6) is 0.0824. The van der Waals surface area contributed by atoms with E-state index in [0.29, 0.717) is 18.7 Å². The molecule has 0 aliphatic heterocycles. The Kier molecular flexibility index (Phi) is 6.05. The average Bonchev–Trinajstić information content (AvgIpc) is 2.92. The van der Waals surface area contributed by atoms with Crippen molar-refractivity contribution in [3.8, 4) is 0 Å². The molecule has 1 saturated carbocycles. The molecule has 0 saturated heterocycles. The fraction of sp³-hybridized carbons (Fsp3) is 0.688. The third-order valence-electron chi connectivity index (χ3n) is 3.94. The Morgan fingerprint density at radius 3 is 3.10 bits per heavy atom. The van der Waals surface area contributed by atoms with Crippen molar-refractivity contribution in [1.82, 2.24) is 5.32 Å². The van der Waals surface area contributed by atoms with Crippen molar-refractivity contribution >= 4 is 17.3 Å². The molecule has 20 heavy (non-hydrogen) atoms. The van der Waals surface area contributed by atoms with Crippen LogP contribution in [-0.2, 0) is 16.0 Å². The molecule has 1 aliphatic carbocycles. The molecule has 2 rings (SSSR count). The minimum absolute atomic E-state index is 0.00973. The van der Waals surface area contributed by atoms with E-state index < -0.39 is 0 Å².